The molecule has 0 aromatic heterocycles. The van der Waals surface area contributed by atoms with Crippen molar-refractivity contribution in [3.63, 3.8) is 0 Å². The average Bonchev–Trinajstić information content (AvgIpc) is 2.58. The number of carboxylic acid groups (broad SMARTS) is 1. The van der Waals surface area contributed by atoms with Gasteiger partial charge < -0.3 is 10.4 Å². The summed E-state index contributed by atoms with van der Waals surface area (Å²) in [4.78, 5) is 10.7. The topological polar surface area (TPSA) is 49.3 Å². The van der Waals surface area contributed by atoms with Crippen LogP contribution in [0.2, 0.25) is 0 Å². The van der Waals surface area contributed by atoms with Crippen molar-refractivity contribution in [3.8, 4) is 0 Å². The van der Waals surface area contributed by atoms with Crippen molar-refractivity contribution in [1.29, 1.82) is 0 Å². The third-order valence-electron chi connectivity index (χ3n) is 3.42. The highest BCUT2D eigenvalue weighted by molar-refractivity contribution is 5.87. The van der Waals surface area contributed by atoms with E-state index in [0.717, 1.165) is 25.4 Å². The molecular formula is C14H19NO2. The molecule has 1 aliphatic heterocycles. The summed E-state index contributed by atoms with van der Waals surface area (Å²) >= 11 is 0. The highest BCUT2D eigenvalue weighted by atomic mass is 16.4. The number of benzene rings is 1. The van der Waals surface area contributed by atoms with Gasteiger partial charge in [-0.25, -0.2) is 4.79 Å². The molecule has 1 aromatic rings. The molecule has 1 atom stereocenters. The Bertz CT molecular complexity index is 364. The van der Waals surface area contributed by atoms with Crippen molar-refractivity contribution in [2.24, 2.45) is 5.92 Å². The number of rotatable bonds is 3. The number of carboxylic acids is 1. The number of nitrogens with one attached hydrogen (secondary N) is 1. The van der Waals surface area contributed by atoms with E-state index < -0.39 is 5.97 Å². The van der Waals surface area contributed by atoms with Crippen molar-refractivity contribution in [2.45, 2.75) is 25.7 Å². The minimum Gasteiger partial charge on any atom is -0.478 e. The van der Waals surface area contributed by atoms with Crippen LogP contribution in [0.25, 0.3) is 0 Å². The van der Waals surface area contributed by atoms with Crippen LogP contribution in [0.4, 0.5) is 0 Å². The Morgan fingerprint density at radius 1 is 1.24 bits per heavy atom. The van der Waals surface area contributed by atoms with Gasteiger partial charge in [-0.3, -0.25) is 0 Å². The van der Waals surface area contributed by atoms with Crippen LogP contribution in [0.1, 0.15) is 35.2 Å². The summed E-state index contributed by atoms with van der Waals surface area (Å²) in [5.74, 6) is -0.115. The van der Waals surface area contributed by atoms with Crippen LogP contribution in [0, 0.1) is 5.92 Å². The van der Waals surface area contributed by atoms with E-state index in [1.165, 1.54) is 24.8 Å². The Balaban J connectivity index is 1.95. The quantitative estimate of drug-likeness (QED) is 0.842. The molecule has 92 valence electrons. The molecule has 1 fully saturated rings. The molecule has 0 amide bonds. The molecule has 0 aliphatic carbocycles. The van der Waals surface area contributed by atoms with Gasteiger partial charge in [0.2, 0.25) is 0 Å². The van der Waals surface area contributed by atoms with Gasteiger partial charge in [-0.1, -0.05) is 12.1 Å². The first kappa shape index (κ1) is 12.1. The zero-order valence-electron chi connectivity index (χ0n) is 9.98. The Morgan fingerprint density at radius 3 is 2.71 bits per heavy atom. The van der Waals surface area contributed by atoms with E-state index in [9.17, 15) is 4.79 Å². The van der Waals surface area contributed by atoms with E-state index in [1.807, 2.05) is 12.1 Å². The molecule has 3 nitrogen and oxygen atoms in total. The van der Waals surface area contributed by atoms with Crippen LogP contribution in [-0.2, 0) is 6.42 Å². The third kappa shape index (κ3) is 3.56. The second kappa shape index (κ2) is 5.82. The summed E-state index contributed by atoms with van der Waals surface area (Å²) in [5.41, 5.74) is 1.62. The summed E-state index contributed by atoms with van der Waals surface area (Å²) < 4.78 is 0. The molecule has 1 saturated heterocycles. The van der Waals surface area contributed by atoms with E-state index in [-0.39, 0.29) is 0 Å². The summed E-state index contributed by atoms with van der Waals surface area (Å²) in [7, 11) is 0. The minimum atomic E-state index is -0.852. The van der Waals surface area contributed by atoms with Crippen molar-refractivity contribution < 1.29 is 9.90 Å². The van der Waals surface area contributed by atoms with Gasteiger partial charge in [0.15, 0.2) is 0 Å². The van der Waals surface area contributed by atoms with Crippen LogP contribution in [-0.4, -0.2) is 24.2 Å². The monoisotopic (exact) mass is 233 g/mol. The van der Waals surface area contributed by atoms with Crippen LogP contribution >= 0.6 is 0 Å². The van der Waals surface area contributed by atoms with E-state index >= 15 is 0 Å². The highest BCUT2D eigenvalue weighted by Gasteiger charge is 2.12. The van der Waals surface area contributed by atoms with Gasteiger partial charge in [-0.05, 0) is 62.4 Å². The van der Waals surface area contributed by atoms with Gasteiger partial charge >= 0.3 is 5.97 Å². The van der Waals surface area contributed by atoms with E-state index in [2.05, 4.69) is 5.32 Å². The summed E-state index contributed by atoms with van der Waals surface area (Å²) in [6.07, 6.45) is 4.81. The number of hydrogen-bond donors (Lipinski definition) is 2. The second-order valence-corrected chi connectivity index (χ2v) is 4.75. The smallest absolute Gasteiger partial charge is 0.335 e. The molecule has 17 heavy (non-hydrogen) atoms. The fourth-order valence-electron chi connectivity index (χ4n) is 2.41. The van der Waals surface area contributed by atoms with E-state index in [0.29, 0.717) is 5.56 Å². The Hall–Kier alpha value is -1.35. The predicted octanol–water partition coefficient (Wildman–Crippen LogP) is 2.32. The maximum Gasteiger partial charge on any atom is 0.335 e. The Labute approximate surface area is 102 Å². The van der Waals surface area contributed by atoms with E-state index in [4.69, 9.17) is 5.11 Å². The Morgan fingerprint density at radius 2 is 2.00 bits per heavy atom. The third-order valence-corrected chi connectivity index (χ3v) is 3.42. The zero-order valence-corrected chi connectivity index (χ0v) is 9.98. The van der Waals surface area contributed by atoms with Gasteiger partial charge in [0.25, 0.3) is 0 Å². The molecule has 2 N–H and O–H groups in total. The molecule has 1 aliphatic rings. The SMILES string of the molecule is O=C(O)c1ccc(CC2CCCNCC2)cc1. The lowest BCUT2D eigenvalue weighted by molar-refractivity contribution is 0.0697. The molecule has 3 heteroatoms. The van der Waals surface area contributed by atoms with Crippen molar-refractivity contribution in [2.75, 3.05) is 13.1 Å². The highest BCUT2D eigenvalue weighted by Crippen LogP contribution is 2.19. The van der Waals surface area contributed by atoms with Crippen LogP contribution < -0.4 is 5.32 Å². The standard InChI is InChI=1S/C14H19NO2/c16-14(17)13-5-3-12(4-6-13)10-11-2-1-8-15-9-7-11/h3-6,11,15H,1-2,7-10H2,(H,16,17). The predicted molar refractivity (Wildman–Crippen MR) is 67.3 cm³/mol. The lowest BCUT2D eigenvalue weighted by Gasteiger charge is -2.13. The minimum absolute atomic E-state index is 0.372. The second-order valence-electron chi connectivity index (χ2n) is 4.75. The van der Waals surface area contributed by atoms with Gasteiger partial charge in [-0.15, -0.1) is 0 Å². The first-order chi connectivity index (χ1) is 8.25. The van der Waals surface area contributed by atoms with Gasteiger partial charge in [-0.2, -0.15) is 0 Å². The largest absolute Gasteiger partial charge is 0.478 e. The molecule has 1 heterocycles. The van der Waals surface area contributed by atoms with Crippen molar-refractivity contribution >= 4 is 5.97 Å². The van der Waals surface area contributed by atoms with Gasteiger partial charge in [0.05, 0.1) is 5.56 Å². The molecule has 0 bridgehead atoms. The zero-order chi connectivity index (χ0) is 12.1. The molecule has 1 aromatic carbocycles. The van der Waals surface area contributed by atoms with Gasteiger partial charge in [0.1, 0.15) is 0 Å². The number of aromatic carboxylic acids is 1. The number of hydrogen-bond acceptors (Lipinski definition) is 2. The molecular weight excluding hydrogens is 214 g/mol. The van der Waals surface area contributed by atoms with Crippen LogP contribution in [0.5, 0.6) is 0 Å². The van der Waals surface area contributed by atoms with Gasteiger partial charge in [0, 0.05) is 0 Å². The van der Waals surface area contributed by atoms with Crippen molar-refractivity contribution in [3.05, 3.63) is 35.4 Å². The lowest BCUT2D eigenvalue weighted by atomic mass is 9.92. The molecule has 0 spiro atoms. The fraction of sp³-hybridized carbons (Fsp3) is 0.500. The average molecular weight is 233 g/mol. The summed E-state index contributed by atoms with van der Waals surface area (Å²) in [6.45, 7) is 2.24. The lowest BCUT2D eigenvalue weighted by Crippen LogP contribution is -2.14. The Kier molecular flexibility index (Phi) is 4.15. The summed E-state index contributed by atoms with van der Waals surface area (Å²) in [5, 5.41) is 12.2. The first-order valence-corrected chi connectivity index (χ1v) is 6.28. The van der Waals surface area contributed by atoms with Crippen LogP contribution in [0.3, 0.4) is 0 Å². The maximum absolute atomic E-state index is 10.7. The first-order valence-electron chi connectivity index (χ1n) is 6.28. The number of carbonyl (C=O) groups is 1. The molecule has 2 rings (SSSR count). The molecule has 0 radical (unpaired) electrons. The normalized spacial score (nSPS) is 20.8. The molecule has 0 saturated carbocycles. The summed E-state index contributed by atoms with van der Waals surface area (Å²) in [6, 6.07) is 7.29. The molecule has 1 unspecified atom stereocenters. The fourth-order valence-corrected chi connectivity index (χ4v) is 2.41. The van der Waals surface area contributed by atoms with E-state index in [1.54, 1.807) is 12.1 Å². The van der Waals surface area contributed by atoms with Crippen LogP contribution in [0.15, 0.2) is 24.3 Å². The maximum atomic E-state index is 10.7. The van der Waals surface area contributed by atoms with Crippen molar-refractivity contribution in [1.82, 2.24) is 5.32 Å².